The second-order valence-electron chi connectivity index (χ2n) is 2.26. The Kier molecular flexibility index (Phi) is 3.27. The van der Waals surface area contributed by atoms with Crippen molar-refractivity contribution in [2.24, 2.45) is 0 Å². The van der Waals surface area contributed by atoms with Gasteiger partial charge in [0.05, 0.1) is 18.2 Å². The largest absolute Gasteiger partial charge is 0.297 e. The lowest BCUT2D eigenvalue weighted by molar-refractivity contribution is 0.0443. The van der Waals surface area contributed by atoms with Gasteiger partial charge in [0.2, 0.25) is 0 Å². The van der Waals surface area contributed by atoms with Crippen LogP contribution in [0.2, 0.25) is 0 Å². The molecule has 0 bridgehead atoms. The minimum Gasteiger partial charge on any atom is -0.297 e. The molecule has 0 aromatic heterocycles. The summed E-state index contributed by atoms with van der Waals surface area (Å²) in [6, 6.07) is 9.46. The molecule has 3 heteroatoms. The van der Waals surface area contributed by atoms with Crippen LogP contribution in [0.3, 0.4) is 0 Å². The van der Waals surface area contributed by atoms with E-state index in [0.29, 0.717) is 12.2 Å². The van der Waals surface area contributed by atoms with E-state index in [1.54, 1.807) is 13.1 Å². The molecule has 1 N–H and O–H groups in total. The first-order valence-corrected chi connectivity index (χ1v) is 3.65. The fraction of sp³-hybridized carbons (Fsp3) is 0.222. The van der Waals surface area contributed by atoms with E-state index in [2.05, 4.69) is 11.5 Å². The van der Waals surface area contributed by atoms with Gasteiger partial charge in [-0.25, -0.2) is 5.48 Å². The summed E-state index contributed by atoms with van der Waals surface area (Å²) in [4.78, 5) is 4.96. The van der Waals surface area contributed by atoms with Gasteiger partial charge in [-0.2, -0.15) is 5.26 Å². The molecule has 0 aliphatic heterocycles. The van der Waals surface area contributed by atoms with Crippen LogP contribution in [0.4, 0.5) is 0 Å². The van der Waals surface area contributed by atoms with Gasteiger partial charge in [0.1, 0.15) is 0 Å². The van der Waals surface area contributed by atoms with E-state index < -0.39 is 0 Å². The number of nitrogens with one attached hydrogen (secondary N) is 1. The quantitative estimate of drug-likeness (QED) is 0.679. The second-order valence-corrected chi connectivity index (χ2v) is 2.26. The normalized spacial score (nSPS) is 9.33. The maximum absolute atomic E-state index is 8.69. The summed E-state index contributed by atoms with van der Waals surface area (Å²) < 4.78 is 0. The van der Waals surface area contributed by atoms with Crippen molar-refractivity contribution in [1.29, 1.82) is 5.26 Å². The summed E-state index contributed by atoms with van der Waals surface area (Å²) in [7, 11) is 1.69. The number of rotatable bonds is 3. The average molecular weight is 162 g/mol. The van der Waals surface area contributed by atoms with Crippen molar-refractivity contribution in [3.63, 3.8) is 0 Å². The number of hydrogen-bond acceptors (Lipinski definition) is 3. The lowest BCUT2D eigenvalue weighted by Gasteiger charge is -2.02. The molecule has 0 aliphatic rings. The number of nitrogens with zero attached hydrogens (tertiary/aromatic N) is 1. The molecular formula is C9H10N2O. The summed E-state index contributed by atoms with van der Waals surface area (Å²) in [5.74, 6) is 0. The van der Waals surface area contributed by atoms with Crippen LogP contribution in [0.15, 0.2) is 24.3 Å². The van der Waals surface area contributed by atoms with Gasteiger partial charge in [-0.15, -0.1) is 0 Å². The molecule has 1 aromatic carbocycles. The van der Waals surface area contributed by atoms with Gasteiger partial charge in [-0.1, -0.05) is 18.2 Å². The smallest absolute Gasteiger partial charge is 0.0995 e. The third kappa shape index (κ3) is 2.06. The molecule has 0 radical (unpaired) electrons. The maximum Gasteiger partial charge on any atom is 0.0995 e. The van der Waals surface area contributed by atoms with Gasteiger partial charge in [0.15, 0.2) is 0 Å². The Hall–Kier alpha value is -1.37. The number of hydroxylamine groups is 1. The molecule has 0 unspecified atom stereocenters. The topological polar surface area (TPSA) is 45.0 Å². The van der Waals surface area contributed by atoms with Crippen LogP contribution >= 0.6 is 0 Å². The average Bonchev–Trinajstić information content (AvgIpc) is 2.15. The van der Waals surface area contributed by atoms with E-state index in [9.17, 15) is 0 Å². The van der Waals surface area contributed by atoms with Crippen LogP contribution < -0.4 is 5.48 Å². The van der Waals surface area contributed by atoms with Crippen molar-refractivity contribution in [3.8, 4) is 6.07 Å². The zero-order valence-electron chi connectivity index (χ0n) is 6.87. The van der Waals surface area contributed by atoms with E-state index in [1.165, 1.54) is 0 Å². The molecule has 0 spiro atoms. The highest BCUT2D eigenvalue weighted by Gasteiger charge is 1.98. The molecule has 62 valence electrons. The first-order chi connectivity index (χ1) is 5.88. The minimum absolute atomic E-state index is 0.417. The van der Waals surface area contributed by atoms with Gasteiger partial charge in [-0.3, -0.25) is 4.84 Å². The Morgan fingerprint density at radius 2 is 2.25 bits per heavy atom. The SMILES string of the molecule is CNOCc1ccccc1C#N. The molecule has 0 aliphatic carbocycles. The lowest BCUT2D eigenvalue weighted by Crippen LogP contribution is -2.07. The third-order valence-electron chi connectivity index (χ3n) is 1.51. The number of benzene rings is 1. The van der Waals surface area contributed by atoms with E-state index in [-0.39, 0.29) is 0 Å². The first-order valence-electron chi connectivity index (χ1n) is 3.65. The highest BCUT2D eigenvalue weighted by molar-refractivity contribution is 5.36. The lowest BCUT2D eigenvalue weighted by atomic mass is 10.1. The van der Waals surface area contributed by atoms with Crippen LogP contribution in [0, 0.1) is 11.3 Å². The molecule has 1 rings (SSSR count). The molecule has 0 atom stereocenters. The van der Waals surface area contributed by atoms with E-state index >= 15 is 0 Å². The molecule has 0 fully saturated rings. The second kappa shape index (κ2) is 4.50. The third-order valence-corrected chi connectivity index (χ3v) is 1.51. The van der Waals surface area contributed by atoms with Crippen molar-refractivity contribution in [3.05, 3.63) is 35.4 Å². The minimum atomic E-state index is 0.417. The standard InChI is InChI=1S/C9H10N2O/c1-11-12-7-9-5-3-2-4-8(9)6-10/h2-5,11H,7H2,1H3. The molecule has 0 saturated heterocycles. The Morgan fingerprint density at radius 3 is 2.92 bits per heavy atom. The Morgan fingerprint density at radius 1 is 1.50 bits per heavy atom. The zero-order valence-corrected chi connectivity index (χ0v) is 6.87. The Balaban J connectivity index is 2.77. The molecule has 0 amide bonds. The Labute approximate surface area is 71.5 Å². The summed E-state index contributed by atoms with van der Waals surface area (Å²) in [5, 5.41) is 8.69. The highest BCUT2D eigenvalue weighted by Crippen LogP contribution is 2.07. The van der Waals surface area contributed by atoms with Crippen LogP contribution in [-0.4, -0.2) is 7.05 Å². The summed E-state index contributed by atoms with van der Waals surface area (Å²) in [5.41, 5.74) is 4.12. The monoisotopic (exact) mass is 162 g/mol. The number of hydrogen-bond donors (Lipinski definition) is 1. The number of nitriles is 1. The predicted molar refractivity (Wildman–Crippen MR) is 45.0 cm³/mol. The van der Waals surface area contributed by atoms with Gasteiger partial charge in [0.25, 0.3) is 0 Å². The van der Waals surface area contributed by atoms with Crippen LogP contribution in [-0.2, 0) is 11.4 Å². The van der Waals surface area contributed by atoms with E-state index in [1.807, 2.05) is 18.2 Å². The molecule has 1 aromatic rings. The predicted octanol–water partition coefficient (Wildman–Crippen LogP) is 1.21. The maximum atomic E-state index is 8.69. The summed E-state index contributed by atoms with van der Waals surface area (Å²) in [6.45, 7) is 0.417. The molecular weight excluding hydrogens is 152 g/mol. The van der Waals surface area contributed by atoms with Gasteiger partial charge in [-0.05, 0) is 11.6 Å². The molecule has 0 saturated carbocycles. The fourth-order valence-electron chi connectivity index (χ4n) is 0.905. The zero-order chi connectivity index (χ0) is 8.81. The van der Waals surface area contributed by atoms with Crippen molar-refractivity contribution in [1.82, 2.24) is 5.48 Å². The van der Waals surface area contributed by atoms with Gasteiger partial charge >= 0.3 is 0 Å². The van der Waals surface area contributed by atoms with Crippen LogP contribution in [0.1, 0.15) is 11.1 Å². The van der Waals surface area contributed by atoms with E-state index in [0.717, 1.165) is 5.56 Å². The van der Waals surface area contributed by atoms with Crippen molar-refractivity contribution >= 4 is 0 Å². The molecule has 3 nitrogen and oxygen atoms in total. The molecule has 12 heavy (non-hydrogen) atoms. The first kappa shape index (κ1) is 8.72. The fourth-order valence-corrected chi connectivity index (χ4v) is 0.905. The molecule has 0 heterocycles. The van der Waals surface area contributed by atoms with Gasteiger partial charge < -0.3 is 0 Å². The van der Waals surface area contributed by atoms with Crippen molar-refractivity contribution in [2.75, 3.05) is 7.05 Å². The summed E-state index contributed by atoms with van der Waals surface area (Å²) >= 11 is 0. The van der Waals surface area contributed by atoms with E-state index in [4.69, 9.17) is 10.1 Å². The van der Waals surface area contributed by atoms with Crippen LogP contribution in [0.5, 0.6) is 0 Å². The van der Waals surface area contributed by atoms with Crippen molar-refractivity contribution < 1.29 is 4.84 Å². The summed E-state index contributed by atoms with van der Waals surface area (Å²) in [6.07, 6.45) is 0. The highest BCUT2D eigenvalue weighted by atomic mass is 16.6. The van der Waals surface area contributed by atoms with Gasteiger partial charge in [0, 0.05) is 7.05 Å². The Bertz CT molecular complexity index is 291. The van der Waals surface area contributed by atoms with Crippen molar-refractivity contribution in [2.45, 2.75) is 6.61 Å². The van der Waals surface area contributed by atoms with Crippen LogP contribution in [0.25, 0.3) is 0 Å².